The van der Waals surface area contributed by atoms with E-state index < -0.39 is 23.7 Å². The van der Waals surface area contributed by atoms with Crippen LogP contribution >= 0.6 is 0 Å². The molecule has 94 valence electrons. The average Bonchev–Trinajstić information content (AvgIpc) is 2.61. The van der Waals surface area contributed by atoms with Crippen molar-refractivity contribution in [1.29, 1.82) is 0 Å². The van der Waals surface area contributed by atoms with Gasteiger partial charge in [0.15, 0.2) is 11.8 Å². The molecular formula is C12H10FNO4. The predicted octanol–water partition coefficient (Wildman–Crippen LogP) is 0.753. The maximum atomic E-state index is 12.8. The number of nitrogens with zero attached hydrogens (tertiary/aromatic N) is 1. The smallest absolute Gasteiger partial charge is 0.331 e. The molecule has 1 aliphatic rings. The molecule has 6 heteroatoms. The Bertz CT molecular complexity index is 511. The highest BCUT2D eigenvalue weighted by molar-refractivity contribution is 6.06. The molecule has 1 atom stereocenters. The van der Waals surface area contributed by atoms with Gasteiger partial charge in [-0.2, -0.15) is 0 Å². The number of hydrogen-bond donors (Lipinski definition) is 1. The maximum absolute atomic E-state index is 12.8. The number of aliphatic carboxylic acids is 1. The second-order valence-corrected chi connectivity index (χ2v) is 4.03. The standard InChI is InChI=1S/C12H10FNO4/c13-8-3-1-7(2-4-8)11(12(17)18)14-6-9(15)5-10(14)16/h1-4,11H,5-6H2,(H,17,18). The molecule has 18 heavy (non-hydrogen) atoms. The normalized spacial score (nSPS) is 17.1. The summed E-state index contributed by atoms with van der Waals surface area (Å²) in [7, 11) is 0. The summed E-state index contributed by atoms with van der Waals surface area (Å²) in [5.74, 6) is -2.57. The van der Waals surface area contributed by atoms with Crippen molar-refractivity contribution in [1.82, 2.24) is 4.90 Å². The van der Waals surface area contributed by atoms with E-state index in [1.54, 1.807) is 0 Å². The van der Waals surface area contributed by atoms with E-state index in [4.69, 9.17) is 5.11 Å². The first-order valence-electron chi connectivity index (χ1n) is 5.28. The van der Waals surface area contributed by atoms with Crippen molar-refractivity contribution >= 4 is 17.7 Å². The first-order valence-corrected chi connectivity index (χ1v) is 5.28. The van der Waals surface area contributed by atoms with Gasteiger partial charge in [0, 0.05) is 0 Å². The summed E-state index contributed by atoms with van der Waals surface area (Å²) in [6, 6.07) is 3.58. The summed E-state index contributed by atoms with van der Waals surface area (Å²) in [5.41, 5.74) is 0.270. The SMILES string of the molecule is O=C1CC(=O)N(C(C(=O)O)c2ccc(F)cc2)C1. The molecule has 1 saturated heterocycles. The third-order valence-corrected chi connectivity index (χ3v) is 2.75. The fourth-order valence-electron chi connectivity index (χ4n) is 1.94. The van der Waals surface area contributed by atoms with Gasteiger partial charge in [0.1, 0.15) is 5.82 Å². The summed E-state index contributed by atoms with van der Waals surface area (Å²) >= 11 is 0. The number of carboxylic acids is 1. The monoisotopic (exact) mass is 251 g/mol. The van der Waals surface area contributed by atoms with Gasteiger partial charge in [-0.3, -0.25) is 9.59 Å². The van der Waals surface area contributed by atoms with Gasteiger partial charge >= 0.3 is 5.97 Å². The number of likely N-dealkylation sites (tertiary alicyclic amines) is 1. The number of carboxylic acid groups (broad SMARTS) is 1. The van der Waals surface area contributed by atoms with Crippen LogP contribution in [-0.2, 0) is 14.4 Å². The number of carbonyl (C=O) groups is 3. The van der Waals surface area contributed by atoms with Crippen molar-refractivity contribution in [3.05, 3.63) is 35.6 Å². The molecule has 0 saturated carbocycles. The van der Waals surface area contributed by atoms with Crippen LogP contribution in [0.3, 0.4) is 0 Å². The Morgan fingerprint density at radius 2 is 1.89 bits per heavy atom. The van der Waals surface area contributed by atoms with E-state index in [0.29, 0.717) is 0 Å². The van der Waals surface area contributed by atoms with Gasteiger partial charge in [-0.1, -0.05) is 12.1 Å². The highest BCUT2D eigenvalue weighted by Crippen LogP contribution is 2.25. The molecule has 1 aliphatic heterocycles. The molecule has 1 aromatic rings. The summed E-state index contributed by atoms with van der Waals surface area (Å²) < 4.78 is 12.8. The molecule has 0 aromatic heterocycles. The van der Waals surface area contributed by atoms with Gasteiger partial charge in [0.05, 0.1) is 13.0 Å². The lowest BCUT2D eigenvalue weighted by Gasteiger charge is -2.23. The number of hydrogen-bond acceptors (Lipinski definition) is 3. The fraction of sp³-hybridized carbons (Fsp3) is 0.250. The van der Waals surface area contributed by atoms with Crippen LogP contribution < -0.4 is 0 Å². The quantitative estimate of drug-likeness (QED) is 0.804. The third-order valence-electron chi connectivity index (χ3n) is 2.75. The number of benzene rings is 1. The topological polar surface area (TPSA) is 74.7 Å². The van der Waals surface area contributed by atoms with E-state index in [1.165, 1.54) is 12.1 Å². The molecule has 0 spiro atoms. The first kappa shape index (κ1) is 12.2. The van der Waals surface area contributed by atoms with Crippen molar-refractivity contribution < 1.29 is 23.9 Å². The van der Waals surface area contributed by atoms with E-state index in [-0.39, 0.29) is 24.3 Å². The largest absolute Gasteiger partial charge is 0.479 e. The zero-order chi connectivity index (χ0) is 13.3. The molecular weight excluding hydrogens is 241 g/mol. The van der Waals surface area contributed by atoms with Crippen LogP contribution in [0, 0.1) is 5.82 Å². The van der Waals surface area contributed by atoms with Crippen LogP contribution in [-0.4, -0.2) is 34.2 Å². The van der Waals surface area contributed by atoms with Crippen molar-refractivity contribution in [3.8, 4) is 0 Å². The highest BCUT2D eigenvalue weighted by atomic mass is 19.1. The Balaban J connectivity index is 2.34. The van der Waals surface area contributed by atoms with Crippen LogP contribution in [0.25, 0.3) is 0 Å². The van der Waals surface area contributed by atoms with Gasteiger partial charge in [0.25, 0.3) is 0 Å². The van der Waals surface area contributed by atoms with Gasteiger partial charge in [-0.05, 0) is 17.7 Å². The Morgan fingerprint density at radius 1 is 1.28 bits per heavy atom. The van der Waals surface area contributed by atoms with Gasteiger partial charge in [0.2, 0.25) is 5.91 Å². The first-order chi connectivity index (χ1) is 8.49. The predicted molar refractivity (Wildman–Crippen MR) is 58.1 cm³/mol. The summed E-state index contributed by atoms with van der Waals surface area (Å²) in [5, 5.41) is 9.16. The minimum Gasteiger partial charge on any atom is -0.479 e. The van der Waals surface area contributed by atoms with Gasteiger partial charge in [-0.15, -0.1) is 0 Å². The molecule has 1 N–H and O–H groups in total. The van der Waals surface area contributed by atoms with Crippen LogP contribution in [0.1, 0.15) is 18.0 Å². The fourth-order valence-corrected chi connectivity index (χ4v) is 1.94. The number of Topliss-reactive ketones (excluding diaryl/α,β-unsaturated/α-hetero) is 1. The van der Waals surface area contributed by atoms with Crippen molar-refractivity contribution in [2.45, 2.75) is 12.5 Å². The lowest BCUT2D eigenvalue weighted by atomic mass is 10.1. The zero-order valence-electron chi connectivity index (χ0n) is 9.30. The number of rotatable bonds is 3. The Labute approximate surface area is 102 Å². The molecule has 0 radical (unpaired) electrons. The molecule has 1 aromatic carbocycles. The number of ketones is 1. The van der Waals surface area contributed by atoms with E-state index >= 15 is 0 Å². The van der Waals surface area contributed by atoms with Crippen LogP contribution in [0.4, 0.5) is 4.39 Å². The third kappa shape index (κ3) is 2.22. The Morgan fingerprint density at radius 3 is 2.33 bits per heavy atom. The molecule has 1 amide bonds. The van der Waals surface area contributed by atoms with Crippen molar-refractivity contribution in [3.63, 3.8) is 0 Å². The zero-order valence-corrected chi connectivity index (χ0v) is 9.30. The molecule has 1 fully saturated rings. The second-order valence-electron chi connectivity index (χ2n) is 4.03. The maximum Gasteiger partial charge on any atom is 0.331 e. The lowest BCUT2D eigenvalue weighted by Crippen LogP contribution is -2.35. The van der Waals surface area contributed by atoms with Crippen LogP contribution in [0.5, 0.6) is 0 Å². The van der Waals surface area contributed by atoms with Crippen LogP contribution in [0.15, 0.2) is 24.3 Å². The summed E-state index contributed by atoms with van der Waals surface area (Å²) in [4.78, 5) is 34.9. The number of amides is 1. The molecule has 0 aliphatic carbocycles. The summed E-state index contributed by atoms with van der Waals surface area (Å²) in [6.07, 6.45) is -0.273. The van der Waals surface area contributed by atoms with E-state index in [1.807, 2.05) is 0 Å². The average molecular weight is 251 g/mol. The minimum absolute atomic E-state index is 0.215. The van der Waals surface area contributed by atoms with Gasteiger partial charge in [-0.25, -0.2) is 9.18 Å². The number of carbonyl (C=O) groups excluding carboxylic acids is 2. The Hall–Kier alpha value is -2.24. The van der Waals surface area contributed by atoms with Crippen LogP contribution in [0.2, 0.25) is 0 Å². The Kier molecular flexibility index (Phi) is 3.10. The van der Waals surface area contributed by atoms with Gasteiger partial charge < -0.3 is 10.0 Å². The second kappa shape index (κ2) is 4.56. The molecule has 2 rings (SSSR count). The highest BCUT2D eigenvalue weighted by Gasteiger charge is 2.37. The molecule has 1 heterocycles. The van der Waals surface area contributed by atoms with E-state index in [2.05, 4.69) is 0 Å². The molecule has 0 bridgehead atoms. The number of halogens is 1. The molecule has 5 nitrogen and oxygen atoms in total. The van der Waals surface area contributed by atoms with Crippen molar-refractivity contribution in [2.24, 2.45) is 0 Å². The van der Waals surface area contributed by atoms with E-state index in [0.717, 1.165) is 17.0 Å². The minimum atomic E-state index is -1.25. The van der Waals surface area contributed by atoms with Crippen molar-refractivity contribution in [2.75, 3.05) is 6.54 Å². The molecule has 1 unspecified atom stereocenters. The lowest BCUT2D eigenvalue weighted by molar-refractivity contribution is -0.148. The van der Waals surface area contributed by atoms with E-state index in [9.17, 15) is 18.8 Å². The summed E-state index contributed by atoms with van der Waals surface area (Å²) in [6.45, 7) is -0.215.